The molecule has 0 aliphatic rings. The third-order valence-corrected chi connectivity index (χ3v) is 2.90. The molecule has 5 heteroatoms. The van der Waals surface area contributed by atoms with Gasteiger partial charge >= 0.3 is 11.9 Å². The molecule has 0 radical (unpaired) electrons. The van der Waals surface area contributed by atoms with E-state index >= 15 is 0 Å². The molecule has 20 heavy (non-hydrogen) atoms. The smallest absolute Gasteiger partial charge is 0.340 e. The minimum absolute atomic E-state index is 0.0418. The first-order valence-electron chi connectivity index (χ1n) is 6.59. The third-order valence-electron chi connectivity index (χ3n) is 2.90. The summed E-state index contributed by atoms with van der Waals surface area (Å²) in [6.45, 7) is 4.11. The zero-order valence-corrected chi connectivity index (χ0v) is 11.6. The van der Waals surface area contributed by atoms with Crippen LogP contribution in [0.1, 0.15) is 29.9 Å². The normalized spacial score (nSPS) is 10.5. The van der Waals surface area contributed by atoms with Gasteiger partial charge in [-0.25, -0.2) is 4.79 Å². The number of esters is 2. The molecule has 0 spiro atoms. The summed E-state index contributed by atoms with van der Waals surface area (Å²) < 4.78 is 11.8. The van der Waals surface area contributed by atoms with Gasteiger partial charge < -0.3 is 13.9 Å². The lowest BCUT2D eigenvalue weighted by Crippen LogP contribution is -2.13. The van der Waals surface area contributed by atoms with Crippen LogP contribution in [0.15, 0.2) is 30.5 Å². The van der Waals surface area contributed by atoms with Crippen molar-refractivity contribution < 1.29 is 19.1 Å². The molecular formula is C15H17NO4. The predicted octanol–water partition coefficient (Wildman–Crippen LogP) is 2.22. The number of ether oxygens (including phenoxy) is 2. The SMILES string of the molecule is CCOC(=O)Cc1c(C(=O)OCC)cc2ccccn12. The molecule has 0 atom stereocenters. The first kappa shape index (κ1) is 14.1. The number of hydrogen-bond donors (Lipinski definition) is 0. The van der Waals surface area contributed by atoms with Crippen LogP contribution in [0.5, 0.6) is 0 Å². The number of hydrogen-bond acceptors (Lipinski definition) is 4. The number of pyridine rings is 1. The summed E-state index contributed by atoms with van der Waals surface area (Å²) in [5.41, 5.74) is 1.85. The van der Waals surface area contributed by atoms with Gasteiger partial charge in [0, 0.05) is 17.4 Å². The van der Waals surface area contributed by atoms with Crippen molar-refractivity contribution in [2.75, 3.05) is 13.2 Å². The second-order valence-corrected chi connectivity index (χ2v) is 4.20. The largest absolute Gasteiger partial charge is 0.466 e. The Morgan fingerprint density at radius 3 is 2.60 bits per heavy atom. The third kappa shape index (κ3) is 2.82. The second-order valence-electron chi connectivity index (χ2n) is 4.20. The number of nitrogens with zero attached hydrogens (tertiary/aromatic N) is 1. The Labute approximate surface area is 117 Å². The van der Waals surface area contributed by atoms with Gasteiger partial charge in [-0.15, -0.1) is 0 Å². The quantitative estimate of drug-likeness (QED) is 0.785. The number of fused-ring (bicyclic) bond motifs is 1. The summed E-state index contributed by atoms with van der Waals surface area (Å²) in [6, 6.07) is 7.32. The Hall–Kier alpha value is -2.30. The van der Waals surface area contributed by atoms with E-state index in [0.29, 0.717) is 24.5 Å². The van der Waals surface area contributed by atoms with Gasteiger partial charge in [-0.3, -0.25) is 4.79 Å². The average molecular weight is 275 g/mol. The van der Waals surface area contributed by atoms with E-state index in [4.69, 9.17) is 9.47 Å². The van der Waals surface area contributed by atoms with Gasteiger partial charge in [0.2, 0.25) is 0 Å². The summed E-state index contributed by atoms with van der Waals surface area (Å²) in [6.07, 6.45) is 1.85. The van der Waals surface area contributed by atoms with Gasteiger partial charge in [0.05, 0.1) is 25.2 Å². The van der Waals surface area contributed by atoms with Crippen LogP contribution in [-0.4, -0.2) is 29.6 Å². The van der Waals surface area contributed by atoms with E-state index in [-0.39, 0.29) is 12.4 Å². The van der Waals surface area contributed by atoms with E-state index in [2.05, 4.69) is 0 Å². The van der Waals surface area contributed by atoms with Crippen molar-refractivity contribution in [3.8, 4) is 0 Å². The maximum atomic E-state index is 12.0. The van der Waals surface area contributed by atoms with Crippen molar-refractivity contribution in [3.63, 3.8) is 0 Å². The van der Waals surface area contributed by atoms with Crippen LogP contribution in [0, 0.1) is 0 Å². The van der Waals surface area contributed by atoms with E-state index in [0.717, 1.165) is 5.52 Å². The molecule has 5 nitrogen and oxygen atoms in total. The summed E-state index contributed by atoms with van der Waals surface area (Å²) in [7, 11) is 0. The maximum Gasteiger partial charge on any atom is 0.340 e. The minimum Gasteiger partial charge on any atom is -0.466 e. The molecule has 0 aliphatic heterocycles. The van der Waals surface area contributed by atoms with Crippen molar-refractivity contribution in [1.29, 1.82) is 0 Å². The van der Waals surface area contributed by atoms with E-state index in [9.17, 15) is 9.59 Å². The Bertz CT molecular complexity index is 630. The molecule has 0 aliphatic carbocycles. The summed E-state index contributed by atoms with van der Waals surface area (Å²) in [4.78, 5) is 23.7. The zero-order valence-electron chi connectivity index (χ0n) is 11.6. The lowest BCUT2D eigenvalue weighted by Gasteiger charge is -2.06. The molecule has 0 N–H and O–H groups in total. The highest BCUT2D eigenvalue weighted by Crippen LogP contribution is 2.19. The summed E-state index contributed by atoms with van der Waals surface area (Å²) in [5, 5.41) is 0. The monoisotopic (exact) mass is 275 g/mol. The lowest BCUT2D eigenvalue weighted by molar-refractivity contribution is -0.142. The Balaban J connectivity index is 2.44. The van der Waals surface area contributed by atoms with E-state index in [1.165, 1.54) is 0 Å². The molecule has 2 rings (SSSR count). The fourth-order valence-electron chi connectivity index (χ4n) is 2.10. The van der Waals surface area contributed by atoms with Crippen LogP contribution in [0.25, 0.3) is 5.52 Å². The molecule has 2 heterocycles. The highest BCUT2D eigenvalue weighted by Gasteiger charge is 2.20. The number of carbonyl (C=O) groups excluding carboxylic acids is 2. The Morgan fingerprint density at radius 2 is 1.90 bits per heavy atom. The van der Waals surface area contributed by atoms with Gasteiger partial charge in [-0.05, 0) is 32.0 Å². The van der Waals surface area contributed by atoms with E-state index in [1.54, 1.807) is 19.9 Å². The highest BCUT2D eigenvalue weighted by molar-refractivity contribution is 5.94. The van der Waals surface area contributed by atoms with Crippen molar-refractivity contribution in [1.82, 2.24) is 4.40 Å². The Kier molecular flexibility index (Phi) is 4.40. The van der Waals surface area contributed by atoms with Crippen LogP contribution in [-0.2, 0) is 20.7 Å². The van der Waals surface area contributed by atoms with Crippen molar-refractivity contribution in [2.45, 2.75) is 20.3 Å². The zero-order chi connectivity index (χ0) is 14.5. The van der Waals surface area contributed by atoms with Crippen molar-refractivity contribution >= 4 is 17.5 Å². The van der Waals surface area contributed by atoms with E-state index in [1.807, 2.05) is 28.8 Å². The molecule has 0 amide bonds. The van der Waals surface area contributed by atoms with Gasteiger partial charge in [0.1, 0.15) is 0 Å². The molecule has 0 unspecified atom stereocenters. The van der Waals surface area contributed by atoms with E-state index < -0.39 is 5.97 Å². The summed E-state index contributed by atoms with van der Waals surface area (Å²) >= 11 is 0. The van der Waals surface area contributed by atoms with Crippen LogP contribution in [0.3, 0.4) is 0 Å². The van der Waals surface area contributed by atoms with Crippen LogP contribution >= 0.6 is 0 Å². The molecule has 0 fully saturated rings. The minimum atomic E-state index is -0.421. The van der Waals surface area contributed by atoms with Crippen LogP contribution in [0.2, 0.25) is 0 Å². The van der Waals surface area contributed by atoms with Crippen LogP contribution in [0.4, 0.5) is 0 Å². The average Bonchev–Trinajstić information content (AvgIpc) is 2.78. The molecule has 2 aromatic heterocycles. The van der Waals surface area contributed by atoms with Gasteiger partial charge in [0.15, 0.2) is 0 Å². The van der Waals surface area contributed by atoms with Crippen molar-refractivity contribution in [2.24, 2.45) is 0 Å². The van der Waals surface area contributed by atoms with Crippen molar-refractivity contribution in [3.05, 3.63) is 41.7 Å². The second kappa shape index (κ2) is 6.23. The fraction of sp³-hybridized carbons (Fsp3) is 0.333. The molecular weight excluding hydrogens is 258 g/mol. The highest BCUT2D eigenvalue weighted by atomic mass is 16.5. The number of carbonyl (C=O) groups is 2. The standard InChI is InChI=1S/C15H17NO4/c1-3-19-14(17)10-13-12(15(18)20-4-2)9-11-7-5-6-8-16(11)13/h5-9H,3-4,10H2,1-2H3. The number of rotatable bonds is 5. The molecule has 0 saturated heterocycles. The maximum absolute atomic E-state index is 12.0. The van der Waals surface area contributed by atoms with Gasteiger partial charge in [-0.1, -0.05) is 6.07 Å². The molecule has 0 bridgehead atoms. The Morgan fingerprint density at radius 1 is 1.15 bits per heavy atom. The predicted molar refractivity (Wildman–Crippen MR) is 73.7 cm³/mol. The molecule has 0 aromatic carbocycles. The fourth-order valence-corrected chi connectivity index (χ4v) is 2.10. The number of aromatic nitrogens is 1. The van der Waals surface area contributed by atoms with Crippen LogP contribution < -0.4 is 0 Å². The van der Waals surface area contributed by atoms with Gasteiger partial charge in [-0.2, -0.15) is 0 Å². The molecule has 0 saturated carbocycles. The van der Waals surface area contributed by atoms with Gasteiger partial charge in [0.25, 0.3) is 0 Å². The topological polar surface area (TPSA) is 57.0 Å². The lowest BCUT2D eigenvalue weighted by atomic mass is 10.2. The first-order chi connectivity index (χ1) is 9.67. The molecule has 106 valence electrons. The first-order valence-corrected chi connectivity index (χ1v) is 6.59. The summed E-state index contributed by atoms with van der Waals surface area (Å²) in [5.74, 6) is -0.780. The molecule has 2 aromatic rings.